The molecule has 1 unspecified atom stereocenters. The fraction of sp³-hybridized carbons (Fsp3) is 0.400. The molecule has 2 rings (SSSR count). The van der Waals surface area contributed by atoms with Gasteiger partial charge in [0.15, 0.2) is 0 Å². The van der Waals surface area contributed by atoms with Gasteiger partial charge in [-0.3, -0.25) is 0 Å². The second-order valence-corrected chi connectivity index (χ2v) is 4.67. The van der Waals surface area contributed by atoms with Gasteiger partial charge in [-0.15, -0.1) is 6.58 Å². The van der Waals surface area contributed by atoms with Crippen molar-refractivity contribution in [1.29, 1.82) is 0 Å². The Bertz CT molecular complexity index is 432. The summed E-state index contributed by atoms with van der Waals surface area (Å²) in [5, 5.41) is 9.79. The van der Waals surface area contributed by atoms with Gasteiger partial charge in [0, 0.05) is 6.54 Å². The third-order valence-corrected chi connectivity index (χ3v) is 3.37. The minimum atomic E-state index is -0.688. The van der Waals surface area contributed by atoms with Gasteiger partial charge in [0.25, 0.3) is 0 Å². The molecule has 4 nitrogen and oxygen atoms in total. The normalized spacial score (nSPS) is 20.1. The molecule has 1 amide bonds. The molecule has 0 bridgehead atoms. The number of hydrogen-bond donors (Lipinski definition) is 1. The van der Waals surface area contributed by atoms with Crippen LogP contribution in [0.5, 0.6) is 0 Å². The number of carbonyl (C=O) groups is 1. The minimum Gasteiger partial charge on any atom is -0.445 e. The predicted molar refractivity (Wildman–Crippen MR) is 72.6 cm³/mol. The van der Waals surface area contributed by atoms with Gasteiger partial charge in [0.2, 0.25) is 0 Å². The highest BCUT2D eigenvalue weighted by molar-refractivity contribution is 5.68. The Hall–Kier alpha value is -1.81. The molecule has 19 heavy (non-hydrogen) atoms. The molecule has 0 saturated carbocycles. The van der Waals surface area contributed by atoms with Gasteiger partial charge < -0.3 is 14.7 Å². The molecular weight excluding hydrogens is 242 g/mol. The van der Waals surface area contributed by atoms with Gasteiger partial charge in [-0.1, -0.05) is 36.4 Å². The zero-order valence-corrected chi connectivity index (χ0v) is 10.9. The van der Waals surface area contributed by atoms with E-state index in [9.17, 15) is 9.90 Å². The first-order valence-corrected chi connectivity index (χ1v) is 6.50. The minimum absolute atomic E-state index is 0.208. The SMILES string of the molecule is C=CC(O)[C@@H]1CCCN1C(=O)OCc1ccccc1. The van der Waals surface area contributed by atoms with Crippen LogP contribution in [0, 0.1) is 0 Å². The van der Waals surface area contributed by atoms with Crippen LogP contribution >= 0.6 is 0 Å². The largest absolute Gasteiger partial charge is 0.445 e. The smallest absolute Gasteiger partial charge is 0.410 e. The van der Waals surface area contributed by atoms with Crippen LogP contribution in [0.4, 0.5) is 4.79 Å². The van der Waals surface area contributed by atoms with Crippen molar-refractivity contribution in [2.45, 2.75) is 31.6 Å². The molecule has 1 aromatic rings. The van der Waals surface area contributed by atoms with E-state index < -0.39 is 6.10 Å². The van der Waals surface area contributed by atoms with Gasteiger partial charge in [-0.05, 0) is 18.4 Å². The summed E-state index contributed by atoms with van der Waals surface area (Å²) in [6.07, 6.45) is 2.08. The van der Waals surface area contributed by atoms with E-state index >= 15 is 0 Å². The van der Waals surface area contributed by atoms with E-state index in [1.165, 1.54) is 6.08 Å². The quantitative estimate of drug-likeness (QED) is 0.846. The van der Waals surface area contributed by atoms with Crippen LogP contribution in [0.15, 0.2) is 43.0 Å². The van der Waals surface area contributed by atoms with E-state index in [0.717, 1.165) is 18.4 Å². The number of nitrogens with zero attached hydrogens (tertiary/aromatic N) is 1. The van der Waals surface area contributed by atoms with Gasteiger partial charge in [-0.25, -0.2) is 4.79 Å². The number of aliphatic hydroxyl groups excluding tert-OH is 1. The molecule has 1 N–H and O–H groups in total. The number of amides is 1. The van der Waals surface area contributed by atoms with Crippen molar-refractivity contribution < 1.29 is 14.6 Å². The molecular formula is C15H19NO3. The lowest BCUT2D eigenvalue weighted by atomic mass is 10.1. The summed E-state index contributed by atoms with van der Waals surface area (Å²) in [6, 6.07) is 9.34. The fourth-order valence-electron chi connectivity index (χ4n) is 2.33. The van der Waals surface area contributed by atoms with Gasteiger partial charge >= 0.3 is 6.09 Å². The molecule has 1 aromatic carbocycles. The summed E-state index contributed by atoms with van der Waals surface area (Å²) in [5.41, 5.74) is 0.955. The molecule has 1 saturated heterocycles. The summed E-state index contributed by atoms with van der Waals surface area (Å²) in [6.45, 7) is 4.45. The zero-order valence-electron chi connectivity index (χ0n) is 10.9. The molecule has 0 radical (unpaired) electrons. The molecule has 4 heteroatoms. The van der Waals surface area contributed by atoms with Crippen LogP contribution in [-0.4, -0.2) is 34.8 Å². The average Bonchev–Trinajstić information content (AvgIpc) is 2.94. The Labute approximate surface area is 113 Å². The van der Waals surface area contributed by atoms with Crippen LogP contribution in [-0.2, 0) is 11.3 Å². The van der Waals surface area contributed by atoms with Crippen LogP contribution < -0.4 is 0 Å². The first-order chi connectivity index (χ1) is 9.22. The Morgan fingerprint density at radius 2 is 2.26 bits per heavy atom. The maximum atomic E-state index is 12.0. The monoisotopic (exact) mass is 261 g/mol. The number of hydrogen-bond acceptors (Lipinski definition) is 3. The number of rotatable bonds is 4. The topological polar surface area (TPSA) is 49.8 Å². The highest BCUT2D eigenvalue weighted by atomic mass is 16.6. The zero-order chi connectivity index (χ0) is 13.7. The highest BCUT2D eigenvalue weighted by Gasteiger charge is 2.33. The molecule has 0 aromatic heterocycles. The second kappa shape index (κ2) is 6.38. The van der Waals surface area contributed by atoms with Crippen molar-refractivity contribution in [2.75, 3.05) is 6.54 Å². The van der Waals surface area contributed by atoms with E-state index in [-0.39, 0.29) is 18.7 Å². The van der Waals surface area contributed by atoms with E-state index in [1.807, 2.05) is 30.3 Å². The number of aliphatic hydroxyl groups is 1. The van der Waals surface area contributed by atoms with E-state index in [1.54, 1.807) is 4.90 Å². The standard InChI is InChI=1S/C15H19NO3/c1-2-14(17)13-9-6-10-16(13)15(18)19-11-12-7-4-3-5-8-12/h2-5,7-8,13-14,17H,1,6,9-11H2/t13-,14?/m0/s1. The molecule has 1 aliphatic heterocycles. The van der Waals surface area contributed by atoms with Crippen LogP contribution in [0.25, 0.3) is 0 Å². The lowest BCUT2D eigenvalue weighted by molar-refractivity contribution is 0.0639. The molecule has 2 atom stereocenters. The first-order valence-electron chi connectivity index (χ1n) is 6.50. The first kappa shape index (κ1) is 13.6. The van der Waals surface area contributed by atoms with E-state index in [4.69, 9.17) is 4.74 Å². The van der Waals surface area contributed by atoms with E-state index in [0.29, 0.717) is 6.54 Å². The lowest BCUT2D eigenvalue weighted by Crippen LogP contribution is -2.42. The van der Waals surface area contributed by atoms with E-state index in [2.05, 4.69) is 6.58 Å². The Morgan fingerprint density at radius 1 is 1.53 bits per heavy atom. The molecule has 102 valence electrons. The maximum Gasteiger partial charge on any atom is 0.410 e. The predicted octanol–water partition coefficient (Wildman–Crippen LogP) is 2.33. The summed E-state index contributed by atoms with van der Waals surface area (Å²) in [4.78, 5) is 13.6. The second-order valence-electron chi connectivity index (χ2n) is 4.67. The van der Waals surface area contributed by atoms with Crippen molar-refractivity contribution in [3.8, 4) is 0 Å². The molecule has 1 aliphatic rings. The highest BCUT2D eigenvalue weighted by Crippen LogP contribution is 2.22. The Balaban J connectivity index is 1.90. The van der Waals surface area contributed by atoms with Crippen LogP contribution in [0.3, 0.4) is 0 Å². The third kappa shape index (κ3) is 3.35. The van der Waals surface area contributed by atoms with Crippen molar-refractivity contribution in [3.05, 3.63) is 48.6 Å². The number of ether oxygens (including phenoxy) is 1. The van der Waals surface area contributed by atoms with Gasteiger partial charge in [-0.2, -0.15) is 0 Å². The maximum absolute atomic E-state index is 12.0. The molecule has 1 fully saturated rings. The summed E-state index contributed by atoms with van der Waals surface area (Å²) in [7, 11) is 0. The number of benzene rings is 1. The summed E-state index contributed by atoms with van der Waals surface area (Å²) in [5.74, 6) is 0. The van der Waals surface area contributed by atoms with Crippen molar-refractivity contribution >= 4 is 6.09 Å². The molecule has 1 heterocycles. The van der Waals surface area contributed by atoms with Crippen molar-refractivity contribution in [3.63, 3.8) is 0 Å². The van der Waals surface area contributed by atoms with Gasteiger partial charge in [0.1, 0.15) is 6.61 Å². The average molecular weight is 261 g/mol. The third-order valence-electron chi connectivity index (χ3n) is 3.37. The van der Waals surface area contributed by atoms with Gasteiger partial charge in [0.05, 0.1) is 12.1 Å². The molecule has 0 spiro atoms. The van der Waals surface area contributed by atoms with Crippen LogP contribution in [0.1, 0.15) is 18.4 Å². The Kier molecular flexibility index (Phi) is 4.58. The van der Waals surface area contributed by atoms with Crippen LogP contribution in [0.2, 0.25) is 0 Å². The van der Waals surface area contributed by atoms with Crippen molar-refractivity contribution in [1.82, 2.24) is 4.90 Å². The Morgan fingerprint density at radius 3 is 2.95 bits per heavy atom. The molecule has 0 aliphatic carbocycles. The summed E-state index contributed by atoms with van der Waals surface area (Å²) < 4.78 is 5.28. The number of carbonyl (C=O) groups excluding carboxylic acids is 1. The fourth-order valence-corrected chi connectivity index (χ4v) is 2.33. The number of likely N-dealkylation sites (tertiary alicyclic amines) is 1. The lowest BCUT2D eigenvalue weighted by Gasteiger charge is -2.26. The summed E-state index contributed by atoms with van der Waals surface area (Å²) >= 11 is 0. The van der Waals surface area contributed by atoms with Crippen molar-refractivity contribution in [2.24, 2.45) is 0 Å².